The average Bonchev–Trinajstić information content (AvgIpc) is 3.25. The van der Waals surface area contributed by atoms with Crippen LogP contribution >= 0.6 is 0 Å². The van der Waals surface area contributed by atoms with E-state index in [1.54, 1.807) is 18.2 Å². The Morgan fingerprint density at radius 3 is 2.65 bits per heavy atom. The number of hydrogen-bond acceptors (Lipinski definition) is 5. The van der Waals surface area contributed by atoms with Gasteiger partial charge in [0.05, 0.1) is 6.61 Å². The van der Waals surface area contributed by atoms with E-state index in [1.807, 2.05) is 6.92 Å². The number of urea groups is 1. The molecule has 1 aliphatic heterocycles. The highest BCUT2D eigenvalue weighted by Gasteiger charge is 2.40. The van der Waals surface area contributed by atoms with Gasteiger partial charge in [-0.15, -0.1) is 13.0 Å². The molecule has 31 heavy (non-hydrogen) atoms. The molecule has 1 saturated carbocycles. The van der Waals surface area contributed by atoms with Crippen LogP contribution in [0.2, 0.25) is 0 Å². The van der Waals surface area contributed by atoms with Crippen LogP contribution in [-0.2, 0) is 16.0 Å². The van der Waals surface area contributed by atoms with E-state index < -0.39 is 17.8 Å². The standard InChI is InChI=1S/C24H26N2O5/c1-4-9-17-13-16(15-20(30-6-3)21(17)31-12-5-2)14-19-22(27)25-24(29)26(23(19)28)18-10-7-8-11-18/h2,4,13-15,18H,1,6-12H2,3H3,(H,25,27,29)/b19-14+. The van der Waals surface area contributed by atoms with E-state index in [9.17, 15) is 14.4 Å². The number of nitrogens with one attached hydrogen (secondary N) is 1. The Morgan fingerprint density at radius 1 is 1.26 bits per heavy atom. The lowest BCUT2D eigenvalue weighted by Gasteiger charge is -2.31. The van der Waals surface area contributed by atoms with Gasteiger partial charge in [-0.1, -0.05) is 24.8 Å². The number of amides is 4. The molecular weight excluding hydrogens is 396 g/mol. The van der Waals surface area contributed by atoms with Gasteiger partial charge in [0.15, 0.2) is 11.5 Å². The van der Waals surface area contributed by atoms with Crippen LogP contribution < -0.4 is 14.8 Å². The van der Waals surface area contributed by atoms with Gasteiger partial charge in [0.25, 0.3) is 11.8 Å². The number of nitrogens with zero attached hydrogens (tertiary/aromatic N) is 1. The van der Waals surface area contributed by atoms with Crippen molar-refractivity contribution >= 4 is 23.9 Å². The van der Waals surface area contributed by atoms with Gasteiger partial charge in [-0.2, -0.15) is 0 Å². The third kappa shape index (κ3) is 4.80. The molecule has 7 nitrogen and oxygen atoms in total. The van der Waals surface area contributed by atoms with Crippen LogP contribution in [0.1, 0.15) is 43.7 Å². The summed E-state index contributed by atoms with van der Waals surface area (Å²) in [6, 6.07) is 2.64. The molecule has 1 aliphatic carbocycles. The molecule has 162 valence electrons. The summed E-state index contributed by atoms with van der Waals surface area (Å²) >= 11 is 0. The van der Waals surface area contributed by atoms with E-state index in [0.717, 1.165) is 31.2 Å². The van der Waals surface area contributed by atoms with Gasteiger partial charge in [-0.25, -0.2) is 4.79 Å². The third-order valence-corrected chi connectivity index (χ3v) is 5.25. The Hall–Kier alpha value is -3.53. The Kier molecular flexibility index (Phi) is 7.14. The zero-order chi connectivity index (χ0) is 22.4. The average molecular weight is 422 g/mol. The van der Waals surface area contributed by atoms with E-state index in [4.69, 9.17) is 15.9 Å². The molecule has 0 unspecified atom stereocenters. The number of terminal acetylenes is 1. The molecule has 2 fully saturated rings. The molecule has 1 saturated heterocycles. The SMILES string of the molecule is C#CCOc1c(CC=C)cc(/C=C2\C(=O)NC(=O)N(C3CCCC3)C2=O)cc1OCC. The van der Waals surface area contributed by atoms with Crippen molar-refractivity contribution < 1.29 is 23.9 Å². The van der Waals surface area contributed by atoms with Gasteiger partial charge in [-0.05, 0) is 50.0 Å². The van der Waals surface area contributed by atoms with Crippen LogP contribution in [0.4, 0.5) is 4.79 Å². The van der Waals surface area contributed by atoms with Crippen LogP contribution in [-0.4, -0.2) is 42.0 Å². The fourth-order valence-corrected chi connectivity index (χ4v) is 3.95. The molecule has 0 bridgehead atoms. The minimum atomic E-state index is -0.708. The number of allylic oxidation sites excluding steroid dienone is 1. The number of carbonyl (C=O) groups is 3. The highest BCUT2D eigenvalue weighted by atomic mass is 16.5. The van der Waals surface area contributed by atoms with Gasteiger partial charge < -0.3 is 9.47 Å². The summed E-state index contributed by atoms with van der Waals surface area (Å²) in [6.07, 6.45) is 12.4. The van der Waals surface area contributed by atoms with Gasteiger partial charge >= 0.3 is 6.03 Å². The van der Waals surface area contributed by atoms with E-state index in [0.29, 0.717) is 30.1 Å². The van der Waals surface area contributed by atoms with Crippen molar-refractivity contribution in [3.05, 3.63) is 41.5 Å². The Morgan fingerprint density at radius 2 is 2.00 bits per heavy atom. The van der Waals surface area contributed by atoms with Crippen molar-refractivity contribution in [2.45, 2.75) is 45.1 Å². The molecular formula is C24H26N2O5. The summed E-state index contributed by atoms with van der Waals surface area (Å²) in [5.74, 6) is 2.11. The van der Waals surface area contributed by atoms with E-state index in [1.165, 1.54) is 11.0 Å². The van der Waals surface area contributed by atoms with Crippen LogP contribution in [0.15, 0.2) is 30.4 Å². The van der Waals surface area contributed by atoms with Crippen LogP contribution in [0.3, 0.4) is 0 Å². The lowest BCUT2D eigenvalue weighted by Crippen LogP contribution is -2.57. The molecule has 7 heteroatoms. The van der Waals surface area contributed by atoms with E-state index in [-0.39, 0.29) is 18.2 Å². The second-order valence-corrected chi connectivity index (χ2v) is 7.36. The summed E-state index contributed by atoms with van der Waals surface area (Å²) < 4.78 is 11.4. The van der Waals surface area contributed by atoms with Crippen molar-refractivity contribution in [1.29, 1.82) is 0 Å². The topological polar surface area (TPSA) is 84.9 Å². The maximum Gasteiger partial charge on any atom is 0.331 e. The molecule has 1 aromatic carbocycles. The number of rotatable bonds is 8. The van der Waals surface area contributed by atoms with Crippen LogP contribution in [0.5, 0.6) is 11.5 Å². The first kappa shape index (κ1) is 22.2. The second-order valence-electron chi connectivity index (χ2n) is 7.36. The van der Waals surface area contributed by atoms with Gasteiger partial charge in [-0.3, -0.25) is 19.8 Å². The highest BCUT2D eigenvalue weighted by molar-refractivity contribution is 6.31. The first-order chi connectivity index (χ1) is 15.0. The zero-order valence-electron chi connectivity index (χ0n) is 17.6. The van der Waals surface area contributed by atoms with Gasteiger partial charge in [0, 0.05) is 11.6 Å². The number of carbonyl (C=O) groups excluding carboxylic acids is 3. The molecule has 2 aliphatic rings. The minimum absolute atomic E-state index is 0.0734. The Balaban J connectivity index is 2.02. The third-order valence-electron chi connectivity index (χ3n) is 5.25. The predicted octanol–water partition coefficient (Wildman–Crippen LogP) is 3.23. The summed E-state index contributed by atoms with van der Waals surface area (Å²) in [5.41, 5.74) is 1.25. The molecule has 0 atom stereocenters. The Bertz CT molecular complexity index is 967. The lowest BCUT2D eigenvalue weighted by molar-refractivity contribution is -0.131. The van der Waals surface area contributed by atoms with E-state index in [2.05, 4.69) is 17.8 Å². The number of barbiturate groups is 1. The van der Waals surface area contributed by atoms with Gasteiger partial charge in [0.1, 0.15) is 12.2 Å². The van der Waals surface area contributed by atoms with Crippen molar-refractivity contribution in [2.24, 2.45) is 0 Å². The zero-order valence-corrected chi connectivity index (χ0v) is 17.6. The quantitative estimate of drug-likeness (QED) is 0.301. The predicted molar refractivity (Wildman–Crippen MR) is 116 cm³/mol. The van der Waals surface area contributed by atoms with Crippen molar-refractivity contribution in [3.8, 4) is 23.8 Å². The van der Waals surface area contributed by atoms with Crippen LogP contribution in [0, 0.1) is 12.3 Å². The van der Waals surface area contributed by atoms with Gasteiger partial charge in [0.2, 0.25) is 0 Å². The Labute approximate surface area is 182 Å². The normalized spacial score (nSPS) is 18.1. The highest BCUT2D eigenvalue weighted by Crippen LogP contribution is 2.35. The second kappa shape index (κ2) is 9.98. The number of benzene rings is 1. The largest absolute Gasteiger partial charge is 0.490 e. The number of ether oxygens (including phenoxy) is 2. The maximum absolute atomic E-state index is 13.0. The first-order valence-corrected chi connectivity index (χ1v) is 10.4. The molecule has 0 radical (unpaired) electrons. The summed E-state index contributed by atoms with van der Waals surface area (Å²) in [4.78, 5) is 39.0. The maximum atomic E-state index is 13.0. The molecule has 1 aromatic rings. The van der Waals surface area contributed by atoms with Crippen molar-refractivity contribution in [1.82, 2.24) is 10.2 Å². The molecule has 0 spiro atoms. The fraction of sp³-hybridized carbons (Fsp3) is 0.375. The first-order valence-electron chi connectivity index (χ1n) is 10.4. The minimum Gasteiger partial charge on any atom is -0.490 e. The van der Waals surface area contributed by atoms with E-state index >= 15 is 0 Å². The monoisotopic (exact) mass is 422 g/mol. The molecule has 4 amide bonds. The smallest absolute Gasteiger partial charge is 0.331 e. The summed E-state index contributed by atoms with van der Waals surface area (Å²) in [5, 5.41) is 2.29. The molecule has 0 aromatic heterocycles. The molecule has 3 rings (SSSR count). The van der Waals surface area contributed by atoms with Crippen molar-refractivity contribution in [3.63, 3.8) is 0 Å². The fourth-order valence-electron chi connectivity index (χ4n) is 3.95. The summed E-state index contributed by atoms with van der Waals surface area (Å²) in [6.45, 7) is 6.08. The number of hydrogen-bond donors (Lipinski definition) is 1. The van der Waals surface area contributed by atoms with Crippen LogP contribution in [0.25, 0.3) is 6.08 Å². The molecule has 1 heterocycles. The van der Waals surface area contributed by atoms with Crippen molar-refractivity contribution in [2.75, 3.05) is 13.2 Å². The summed E-state index contributed by atoms with van der Waals surface area (Å²) in [7, 11) is 0. The number of imide groups is 2. The lowest BCUT2D eigenvalue weighted by atomic mass is 10.0. The molecule has 1 N–H and O–H groups in total.